The van der Waals surface area contributed by atoms with Gasteiger partial charge in [0, 0.05) is 17.9 Å². The smallest absolute Gasteiger partial charge is 0.0410 e. The van der Waals surface area contributed by atoms with Crippen molar-refractivity contribution in [3.8, 4) is 0 Å². The molecule has 26 heavy (non-hydrogen) atoms. The molecule has 0 radical (unpaired) electrons. The normalized spacial score (nSPS) is 8.69. The molecule has 0 atom stereocenters. The van der Waals surface area contributed by atoms with Gasteiger partial charge in [-0.1, -0.05) is 104 Å². The molecule has 1 aromatic carbocycles. The topological polar surface area (TPSA) is 3.24 Å². The van der Waals surface area contributed by atoms with Gasteiger partial charge in [0.15, 0.2) is 0 Å². The number of hydrogen-bond donors (Lipinski definition) is 0. The summed E-state index contributed by atoms with van der Waals surface area (Å²) < 4.78 is 0. The lowest BCUT2D eigenvalue weighted by molar-refractivity contribution is 0.978. The molecule has 0 unspecified atom stereocenters. The molecule has 1 aromatic rings. The first-order valence-electron chi connectivity index (χ1n) is 9.76. The molecule has 0 amide bonds. The van der Waals surface area contributed by atoms with Crippen molar-refractivity contribution in [1.82, 2.24) is 0 Å². The zero-order valence-electron chi connectivity index (χ0n) is 18.6. The van der Waals surface area contributed by atoms with Crippen molar-refractivity contribution >= 4 is 5.69 Å². The molecule has 0 aliphatic heterocycles. The molecule has 0 bridgehead atoms. The van der Waals surface area contributed by atoms with Crippen LogP contribution in [0.5, 0.6) is 0 Å². The summed E-state index contributed by atoms with van der Waals surface area (Å²) in [7, 11) is 0. The van der Waals surface area contributed by atoms with Crippen molar-refractivity contribution in [3.05, 3.63) is 92.2 Å². The van der Waals surface area contributed by atoms with Crippen LogP contribution in [0.4, 0.5) is 5.69 Å². The molecule has 0 aliphatic carbocycles. The highest BCUT2D eigenvalue weighted by Gasteiger charge is 2.05. The van der Waals surface area contributed by atoms with E-state index in [9.17, 15) is 0 Å². The van der Waals surface area contributed by atoms with Gasteiger partial charge in [-0.3, -0.25) is 0 Å². The van der Waals surface area contributed by atoms with Crippen molar-refractivity contribution in [3.63, 3.8) is 0 Å². The van der Waals surface area contributed by atoms with E-state index in [2.05, 4.69) is 61.9 Å². The van der Waals surface area contributed by atoms with Crippen LogP contribution >= 0.6 is 0 Å². The van der Waals surface area contributed by atoms with Crippen molar-refractivity contribution in [2.24, 2.45) is 0 Å². The van der Waals surface area contributed by atoms with Crippen molar-refractivity contribution in [2.75, 3.05) is 11.4 Å². The minimum Gasteiger partial charge on any atom is -0.342 e. The summed E-state index contributed by atoms with van der Waals surface area (Å²) in [6, 6.07) is 10.4. The standard InChI is InChI=1S/C15H19N.C4H6.3C2H6/c1-4-10-14(11-5-2)16(6-3)15-12-8-7-9-13-15;1-3-4-2;3*1-2/h4-5,7-13H,1,6H2,2-3H3;3-4H,1-2H2;3*1-2H3/b11-5-,14-10+;;;;. The van der Waals surface area contributed by atoms with E-state index in [1.165, 1.54) is 5.69 Å². The fraction of sp³-hybridized carbons (Fsp3) is 0.360. The van der Waals surface area contributed by atoms with E-state index in [4.69, 9.17) is 0 Å². The molecule has 0 aliphatic rings. The zero-order valence-corrected chi connectivity index (χ0v) is 18.6. The van der Waals surface area contributed by atoms with Crippen LogP contribution in [0.1, 0.15) is 55.4 Å². The van der Waals surface area contributed by atoms with Gasteiger partial charge in [0.25, 0.3) is 0 Å². The number of benzene rings is 1. The zero-order chi connectivity index (χ0) is 21.2. The molecule has 0 saturated carbocycles. The van der Waals surface area contributed by atoms with Crippen molar-refractivity contribution < 1.29 is 0 Å². The predicted molar refractivity (Wildman–Crippen MR) is 127 cm³/mol. The van der Waals surface area contributed by atoms with Crippen molar-refractivity contribution in [1.29, 1.82) is 0 Å². The second-order valence-electron chi connectivity index (χ2n) is 3.88. The lowest BCUT2D eigenvalue weighted by atomic mass is 10.2. The average molecular weight is 358 g/mol. The summed E-state index contributed by atoms with van der Waals surface area (Å²) in [5.41, 5.74) is 2.36. The third kappa shape index (κ3) is 18.1. The number of anilines is 1. The Morgan fingerprint density at radius 1 is 0.846 bits per heavy atom. The van der Waals surface area contributed by atoms with Gasteiger partial charge in [-0.2, -0.15) is 0 Å². The Balaban J connectivity index is -0.000000205. The number of rotatable bonds is 6. The number of hydrogen-bond acceptors (Lipinski definition) is 1. The van der Waals surface area contributed by atoms with Crippen LogP contribution in [0.3, 0.4) is 0 Å². The second-order valence-corrected chi connectivity index (χ2v) is 3.88. The van der Waals surface area contributed by atoms with Crippen LogP contribution in [-0.4, -0.2) is 6.54 Å². The van der Waals surface area contributed by atoms with Gasteiger partial charge >= 0.3 is 0 Å². The molecular formula is C25H43N. The molecule has 1 heteroatoms. The molecule has 0 fully saturated rings. The van der Waals surface area contributed by atoms with E-state index >= 15 is 0 Å². The van der Waals surface area contributed by atoms with E-state index in [-0.39, 0.29) is 0 Å². The third-order valence-corrected chi connectivity index (χ3v) is 2.49. The van der Waals surface area contributed by atoms with Crippen LogP contribution in [-0.2, 0) is 0 Å². The highest BCUT2D eigenvalue weighted by Crippen LogP contribution is 2.19. The Labute approximate surface area is 165 Å². The van der Waals surface area contributed by atoms with Crippen LogP contribution in [0.25, 0.3) is 0 Å². The average Bonchev–Trinajstić information content (AvgIpc) is 2.74. The van der Waals surface area contributed by atoms with Gasteiger partial charge in [0.05, 0.1) is 0 Å². The minimum absolute atomic E-state index is 0.939. The molecule has 0 N–H and O–H groups in total. The molecule has 0 spiro atoms. The fourth-order valence-electron chi connectivity index (χ4n) is 1.65. The summed E-state index contributed by atoms with van der Waals surface area (Å²) in [6.07, 6.45) is 11.3. The van der Waals surface area contributed by atoms with Crippen molar-refractivity contribution in [2.45, 2.75) is 55.4 Å². The first-order valence-corrected chi connectivity index (χ1v) is 9.76. The monoisotopic (exact) mass is 357 g/mol. The highest BCUT2D eigenvalue weighted by atomic mass is 15.1. The number of nitrogens with zero attached hydrogens (tertiary/aromatic N) is 1. The molecular weight excluding hydrogens is 314 g/mol. The maximum absolute atomic E-state index is 3.76. The lowest BCUT2D eigenvalue weighted by Crippen LogP contribution is -2.20. The quantitative estimate of drug-likeness (QED) is 0.461. The van der Waals surface area contributed by atoms with Gasteiger partial charge in [-0.25, -0.2) is 0 Å². The van der Waals surface area contributed by atoms with Gasteiger partial charge in [-0.05, 0) is 38.1 Å². The maximum atomic E-state index is 3.76. The van der Waals surface area contributed by atoms with E-state index in [1.807, 2.05) is 72.8 Å². The second kappa shape index (κ2) is 30.6. The summed E-state index contributed by atoms with van der Waals surface area (Å²) >= 11 is 0. The lowest BCUT2D eigenvalue weighted by Gasteiger charge is -2.24. The van der Waals surface area contributed by atoms with Gasteiger partial charge < -0.3 is 4.90 Å². The Hall–Kier alpha value is -2.28. The van der Waals surface area contributed by atoms with Crippen LogP contribution in [0.15, 0.2) is 92.2 Å². The minimum atomic E-state index is 0.939. The maximum Gasteiger partial charge on any atom is 0.0410 e. The molecule has 1 nitrogen and oxygen atoms in total. The fourth-order valence-corrected chi connectivity index (χ4v) is 1.65. The molecule has 0 saturated heterocycles. The Morgan fingerprint density at radius 2 is 1.31 bits per heavy atom. The summed E-state index contributed by atoms with van der Waals surface area (Å²) in [4.78, 5) is 2.25. The van der Waals surface area contributed by atoms with E-state index in [1.54, 1.807) is 12.2 Å². The molecule has 0 heterocycles. The summed E-state index contributed by atoms with van der Waals surface area (Å²) in [5, 5.41) is 0. The first kappa shape index (κ1) is 31.5. The largest absolute Gasteiger partial charge is 0.342 e. The van der Waals surface area contributed by atoms with Gasteiger partial charge in [0.2, 0.25) is 0 Å². The number of allylic oxidation sites excluding steroid dienone is 6. The summed E-state index contributed by atoms with van der Waals surface area (Å²) in [6.45, 7) is 27.6. The molecule has 148 valence electrons. The SMILES string of the molecule is C=C/C=C(\C=C/C)N(CC)c1ccccc1.C=CC=C.CC.CC.CC. The Morgan fingerprint density at radius 3 is 1.62 bits per heavy atom. The Kier molecular flexibility index (Phi) is 37.0. The third-order valence-electron chi connectivity index (χ3n) is 2.49. The number of likely N-dealkylation sites (N-methyl/N-ethyl adjacent to an activating group) is 1. The molecule has 0 aromatic heterocycles. The predicted octanol–water partition coefficient (Wildman–Crippen LogP) is 8.60. The van der Waals surface area contributed by atoms with Crippen LogP contribution in [0, 0.1) is 0 Å². The van der Waals surface area contributed by atoms with Crippen LogP contribution in [0.2, 0.25) is 0 Å². The molecule has 1 rings (SSSR count). The highest BCUT2D eigenvalue weighted by molar-refractivity contribution is 5.54. The summed E-state index contributed by atoms with van der Waals surface area (Å²) in [5.74, 6) is 0. The number of para-hydroxylation sites is 1. The first-order chi connectivity index (χ1) is 12.7. The van der Waals surface area contributed by atoms with Gasteiger partial charge in [-0.15, -0.1) is 0 Å². The van der Waals surface area contributed by atoms with Crippen LogP contribution < -0.4 is 4.90 Å². The van der Waals surface area contributed by atoms with E-state index in [0.29, 0.717) is 0 Å². The van der Waals surface area contributed by atoms with Gasteiger partial charge in [0.1, 0.15) is 0 Å². The van der Waals surface area contributed by atoms with E-state index in [0.717, 1.165) is 12.2 Å². The van der Waals surface area contributed by atoms with E-state index < -0.39 is 0 Å². The Bertz CT molecular complexity index is 446.